The van der Waals surface area contributed by atoms with Crippen LogP contribution in [0.1, 0.15) is 41.5 Å². The zero-order valence-corrected chi connectivity index (χ0v) is 20.5. The summed E-state index contributed by atoms with van der Waals surface area (Å²) in [5.41, 5.74) is 5.93. The number of hydrogen-bond acceptors (Lipinski definition) is 5. The van der Waals surface area contributed by atoms with Gasteiger partial charge in [0.15, 0.2) is 5.17 Å². The monoisotopic (exact) mass is 465 g/mol. The summed E-state index contributed by atoms with van der Waals surface area (Å²) in [7, 11) is 0. The lowest BCUT2D eigenvalue weighted by Gasteiger charge is -2.20. The summed E-state index contributed by atoms with van der Waals surface area (Å²) in [6.45, 7) is 9.22. The average Bonchev–Trinajstić information content (AvgIpc) is 3.37. The van der Waals surface area contributed by atoms with Crippen molar-refractivity contribution in [2.75, 3.05) is 18.5 Å². The molecule has 33 heavy (non-hydrogen) atoms. The Morgan fingerprint density at radius 3 is 2.61 bits per heavy atom. The number of nitrogens with zero attached hydrogens (tertiary/aromatic N) is 2. The van der Waals surface area contributed by atoms with Gasteiger partial charge in [0.05, 0.1) is 18.3 Å². The normalized spacial score (nSPS) is 21.8. The van der Waals surface area contributed by atoms with Crippen LogP contribution in [0.3, 0.4) is 0 Å². The fraction of sp³-hybridized carbons (Fsp3) is 0.423. The minimum absolute atomic E-state index is 0.0152. The van der Waals surface area contributed by atoms with E-state index in [2.05, 4.69) is 11.4 Å². The number of aliphatic imine (C=N–C) groups is 1. The van der Waals surface area contributed by atoms with E-state index in [1.165, 1.54) is 17.3 Å². The summed E-state index contributed by atoms with van der Waals surface area (Å²) in [6.07, 6.45) is 2.06. The van der Waals surface area contributed by atoms with Crippen LogP contribution in [0.25, 0.3) is 0 Å². The van der Waals surface area contributed by atoms with Gasteiger partial charge in [-0.15, -0.1) is 0 Å². The molecule has 0 saturated carbocycles. The SMILES string of the molecule is Cc1ccc(N=C2SC(CC(=O)Nc3cc(C)ccc3C)C(=O)N2CC2CCCO2)c(C)c1. The van der Waals surface area contributed by atoms with Gasteiger partial charge in [-0.3, -0.25) is 14.5 Å². The molecule has 2 aliphatic rings. The van der Waals surface area contributed by atoms with Crippen LogP contribution in [0, 0.1) is 27.7 Å². The molecule has 1 N–H and O–H groups in total. The molecule has 0 aliphatic carbocycles. The maximum Gasteiger partial charge on any atom is 0.242 e. The maximum atomic E-state index is 13.3. The smallest absolute Gasteiger partial charge is 0.242 e. The van der Waals surface area contributed by atoms with Crippen molar-refractivity contribution in [1.82, 2.24) is 4.90 Å². The fourth-order valence-electron chi connectivity index (χ4n) is 4.16. The number of amides is 2. The Morgan fingerprint density at radius 2 is 1.88 bits per heavy atom. The van der Waals surface area contributed by atoms with Crippen molar-refractivity contribution >= 4 is 40.1 Å². The maximum absolute atomic E-state index is 13.3. The molecule has 0 aromatic heterocycles. The van der Waals surface area contributed by atoms with Crippen LogP contribution in [-0.2, 0) is 14.3 Å². The first-order valence-electron chi connectivity index (χ1n) is 11.4. The summed E-state index contributed by atoms with van der Waals surface area (Å²) in [6, 6.07) is 12.0. The highest BCUT2D eigenvalue weighted by Crippen LogP contribution is 2.34. The summed E-state index contributed by atoms with van der Waals surface area (Å²) in [5.74, 6) is -0.241. The molecule has 2 saturated heterocycles. The molecule has 2 atom stereocenters. The molecule has 2 amide bonds. The molecule has 0 spiro atoms. The van der Waals surface area contributed by atoms with E-state index in [4.69, 9.17) is 9.73 Å². The number of hydrogen-bond donors (Lipinski definition) is 1. The zero-order valence-electron chi connectivity index (χ0n) is 19.7. The number of anilines is 1. The number of aryl methyl sites for hydroxylation is 4. The van der Waals surface area contributed by atoms with Gasteiger partial charge in [-0.2, -0.15) is 0 Å². The van der Waals surface area contributed by atoms with Gasteiger partial charge in [0.1, 0.15) is 5.25 Å². The second-order valence-corrected chi connectivity index (χ2v) is 10.1. The van der Waals surface area contributed by atoms with Crippen LogP contribution in [0.15, 0.2) is 41.4 Å². The molecule has 4 rings (SSSR count). The predicted molar refractivity (Wildman–Crippen MR) is 134 cm³/mol. The van der Waals surface area contributed by atoms with Crippen LogP contribution in [0.4, 0.5) is 11.4 Å². The number of thioether (sulfide) groups is 1. The third-order valence-electron chi connectivity index (χ3n) is 6.04. The number of benzene rings is 2. The largest absolute Gasteiger partial charge is 0.376 e. The highest BCUT2D eigenvalue weighted by atomic mass is 32.2. The highest BCUT2D eigenvalue weighted by molar-refractivity contribution is 8.15. The minimum atomic E-state index is -0.499. The van der Waals surface area contributed by atoms with Crippen LogP contribution in [0.5, 0.6) is 0 Å². The Hall–Kier alpha value is -2.64. The molecule has 2 heterocycles. The van der Waals surface area contributed by atoms with E-state index in [9.17, 15) is 9.59 Å². The van der Waals surface area contributed by atoms with Gasteiger partial charge in [-0.25, -0.2) is 4.99 Å². The van der Waals surface area contributed by atoms with Crippen molar-refractivity contribution in [2.24, 2.45) is 4.99 Å². The van der Waals surface area contributed by atoms with E-state index >= 15 is 0 Å². The Morgan fingerprint density at radius 1 is 1.12 bits per heavy atom. The third-order valence-corrected chi connectivity index (χ3v) is 7.21. The molecule has 2 aromatic rings. The lowest BCUT2D eigenvalue weighted by molar-refractivity contribution is -0.129. The van der Waals surface area contributed by atoms with E-state index in [1.807, 2.05) is 58.0 Å². The zero-order chi connectivity index (χ0) is 23.5. The fourth-order valence-corrected chi connectivity index (χ4v) is 5.32. The second kappa shape index (κ2) is 10.1. The summed E-state index contributed by atoms with van der Waals surface area (Å²) < 4.78 is 5.78. The van der Waals surface area contributed by atoms with Gasteiger partial charge in [0.2, 0.25) is 11.8 Å². The van der Waals surface area contributed by atoms with Crippen molar-refractivity contribution in [3.63, 3.8) is 0 Å². The molecule has 0 radical (unpaired) electrons. The summed E-state index contributed by atoms with van der Waals surface area (Å²) in [5, 5.41) is 3.13. The first kappa shape index (κ1) is 23.5. The molecular formula is C26H31N3O3S. The van der Waals surface area contributed by atoms with Crippen molar-refractivity contribution in [3.05, 3.63) is 58.7 Å². The van der Waals surface area contributed by atoms with Gasteiger partial charge in [0.25, 0.3) is 0 Å². The van der Waals surface area contributed by atoms with Crippen molar-refractivity contribution in [3.8, 4) is 0 Å². The predicted octanol–water partition coefficient (Wildman–Crippen LogP) is 5.06. The number of nitrogens with one attached hydrogen (secondary N) is 1. The van der Waals surface area contributed by atoms with Crippen LogP contribution in [0.2, 0.25) is 0 Å². The van der Waals surface area contributed by atoms with Crippen LogP contribution >= 0.6 is 11.8 Å². The molecule has 2 unspecified atom stereocenters. The van der Waals surface area contributed by atoms with E-state index in [1.54, 1.807) is 4.90 Å². The molecule has 2 aromatic carbocycles. The van der Waals surface area contributed by atoms with Crippen molar-refractivity contribution < 1.29 is 14.3 Å². The van der Waals surface area contributed by atoms with Gasteiger partial charge in [-0.05, 0) is 69.4 Å². The summed E-state index contributed by atoms with van der Waals surface area (Å²) in [4.78, 5) is 32.7. The molecule has 174 valence electrons. The topological polar surface area (TPSA) is 71.0 Å². The first-order valence-corrected chi connectivity index (χ1v) is 12.3. The number of rotatable bonds is 6. The molecule has 2 aliphatic heterocycles. The molecular weight excluding hydrogens is 434 g/mol. The second-order valence-electron chi connectivity index (χ2n) is 8.95. The number of carbonyl (C=O) groups excluding carboxylic acids is 2. The van der Waals surface area contributed by atoms with Gasteiger partial charge >= 0.3 is 0 Å². The Balaban J connectivity index is 1.53. The quantitative estimate of drug-likeness (QED) is 0.647. The highest BCUT2D eigenvalue weighted by Gasteiger charge is 2.40. The molecule has 0 bridgehead atoms. The van der Waals surface area contributed by atoms with Crippen molar-refractivity contribution in [1.29, 1.82) is 0 Å². The summed E-state index contributed by atoms with van der Waals surface area (Å²) >= 11 is 1.37. The number of amidine groups is 1. The van der Waals surface area contributed by atoms with Gasteiger partial charge < -0.3 is 10.1 Å². The van der Waals surface area contributed by atoms with E-state index in [0.29, 0.717) is 11.7 Å². The van der Waals surface area contributed by atoms with E-state index in [-0.39, 0.29) is 24.3 Å². The Kier molecular flexibility index (Phi) is 7.20. The number of ether oxygens (including phenoxy) is 1. The Labute approximate surface area is 199 Å². The third kappa shape index (κ3) is 5.65. The van der Waals surface area contributed by atoms with Gasteiger partial charge in [-0.1, -0.05) is 41.6 Å². The van der Waals surface area contributed by atoms with E-state index < -0.39 is 5.25 Å². The van der Waals surface area contributed by atoms with Gasteiger partial charge in [0, 0.05) is 18.7 Å². The lowest BCUT2D eigenvalue weighted by Crippen LogP contribution is -2.38. The first-order chi connectivity index (χ1) is 15.8. The molecule has 6 nitrogen and oxygen atoms in total. The molecule has 2 fully saturated rings. The lowest BCUT2D eigenvalue weighted by atomic mass is 10.1. The Bertz CT molecular complexity index is 1090. The minimum Gasteiger partial charge on any atom is -0.376 e. The van der Waals surface area contributed by atoms with Crippen molar-refractivity contribution in [2.45, 2.75) is 58.3 Å². The molecule has 7 heteroatoms. The number of carbonyl (C=O) groups is 2. The average molecular weight is 466 g/mol. The standard InChI is InChI=1S/C26H31N3O3S/c1-16-8-10-21(19(4)12-16)28-26-29(15-20-6-5-11-32-20)25(31)23(33-26)14-24(30)27-22-13-17(2)7-9-18(22)3/h7-10,12-13,20,23H,5-6,11,14-15H2,1-4H3,(H,27,30). The van der Waals surface area contributed by atoms with Crippen LogP contribution < -0.4 is 5.32 Å². The van der Waals surface area contributed by atoms with Crippen LogP contribution in [-0.4, -0.2) is 46.4 Å². The van der Waals surface area contributed by atoms with E-state index in [0.717, 1.165) is 47.5 Å².